The van der Waals surface area contributed by atoms with E-state index in [0.717, 1.165) is 5.56 Å². The lowest BCUT2D eigenvalue weighted by Crippen LogP contribution is -2.38. The summed E-state index contributed by atoms with van der Waals surface area (Å²) in [5.74, 6) is 0.502. The molecule has 2 aromatic rings. The van der Waals surface area contributed by atoms with Crippen LogP contribution in [0.5, 0.6) is 11.5 Å². The van der Waals surface area contributed by atoms with Crippen LogP contribution in [0.2, 0.25) is 0 Å². The van der Waals surface area contributed by atoms with Crippen molar-refractivity contribution in [1.29, 1.82) is 0 Å². The first-order valence-electron chi connectivity index (χ1n) is 6.90. The van der Waals surface area contributed by atoms with Gasteiger partial charge in [0.2, 0.25) is 0 Å². The van der Waals surface area contributed by atoms with E-state index in [0.29, 0.717) is 17.9 Å². The summed E-state index contributed by atoms with van der Waals surface area (Å²) in [6, 6.07) is 10.8. The third kappa shape index (κ3) is 2.57. The number of rotatable bonds is 2. The van der Waals surface area contributed by atoms with Crippen molar-refractivity contribution in [3.63, 3.8) is 0 Å². The zero-order valence-corrected chi connectivity index (χ0v) is 12.0. The van der Waals surface area contributed by atoms with Crippen molar-refractivity contribution in [2.45, 2.75) is 26.4 Å². The van der Waals surface area contributed by atoms with E-state index in [1.165, 1.54) is 17.2 Å². The van der Waals surface area contributed by atoms with Crippen LogP contribution >= 0.6 is 0 Å². The molecule has 1 atom stereocenters. The molecule has 2 N–H and O–H groups in total. The number of ether oxygens (including phenoxy) is 1. The predicted molar refractivity (Wildman–Crippen MR) is 80.8 cm³/mol. The number of nitrogens with one attached hydrogen (secondary N) is 1. The highest BCUT2D eigenvalue weighted by atomic mass is 16.5. The van der Waals surface area contributed by atoms with Crippen LogP contribution in [0.25, 0.3) is 0 Å². The molecule has 1 amide bonds. The summed E-state index contributed by atoms with van der Waals surface area (Å²) in [6.07, 6.45) is -0.0258. The van der Waals surface area contributed by atoms with Crippen molar-refractivity contribution in [1.82, 2.24) is 0 Å². The summed E-state index contributed by atoms with van der Waals surface area (Å²) in [5.41, 5.74) is 4.01. The summed E-state index contributed by atoms with van der Waals surface area (Å²) in [4.78, 5) is 12.2. The van der Waals surface area contributed by atoms with Crippen molar-refractivity contribution in [2.75, 3.05) is 5.32 Å². The van der Waals surface area contributed by atoms with Crippen molar-refractivity contribution >= 4 is 11.6 Å². The van der Waals surface area contributed by atoms with Crippen LogP contribution in [0, 0.1) is 13.8 Å². The lowest BCUT2D eigenvalue weighted by Gasteiger charge is -2.26. The fraction of sp³-hybridized carbons (Fsp3) is 0.235. The van der Waals surface area contributed by atoms with E-state index in [1.807, 2.05) is 12.1 Å². The van der Waals surface area contributed by atoms with Crippen LogP contribution in [0.4, 0.5) is 5.69 Å². The van der Waals surface area contributed by atoms with Crippen molar-refractivity contribution in [3.05, 3.63) is 53.1 Å². The molecule has 0 fully saturated rings. The molecular weight excluding hydrogens is 266 g/mol. The maximum absolute atomic E-state index is 12.2. The number of carbonyl (C=O) groups is 1. The highest BCUT2D eigenvalue weighted by molar-refractivity contribution is 5.98. The predicted octanol–water partition coefficient (Wildman–Crippen LogP) is 2.95. The Morgan fingerprint density at radius 2 is 2.05 bits per heavy atom. The molecule has 3 rings (SSSR count). The van der Waals surface area contributed by atoms with Gasteiger partial charge in [0, 0.05) is 12.5 Å². The fourth-order valence-electron chi connectivity index (χ4n) is 2.51. The van der Waals surface area contributed by atoms with E-state index in [-0.39, 0.29) is 11.7 Å². The average molecular weight is 283 g/mol. The number of aryl methyl sites for hydroxylation is 1. The van der Waals surface area contributed by atoms with E-state index in [4.69, 9.17) is 4.74 Å². The minimum absolute atomic E-state index is 0.102. The first kappa shape index (κ1) is 13.5. The third-order valence-corrected chi connectivity index (χ3v) is 3.90. The monoisotopic (exact) mass is 283 g/mol. The van der Waals surface area contributed by atoms with Crippen LogP contribution in [-0.2, 0) is 11.2 Å². The highest BCUT2D eigenvalue weighted by Gasteiger charge is 2.28. The topological polar surface area (TPSA) is 58.6 Å². The van der Waals surface area contributed by atoms with Gasteiger partial charge in [0.05, 0.1) is 5.69 Å². The van der Waals surface area contributed by atoms with Gasteiger partial charge >= 0.3 is 0 Å². The second-order valence-electron chi connectivity index (χ2n) is 5.34. The standard InChI is InChI=1S/C17H17NO3/c1-10-4-3-5-12(11(10)2)8-16-17(20)18-14-9-13(19)6-7-15(14)21-16/h3-7,9,16,19H,8H2,1-2H3,(H,18,20). The Morgan fingerprint density at radius 3 is 2.86 bits per heavy atom. The number of hydrogen-bond acceptors (Lipinski definition) is 3. The van der Waals surface area contributed by atoms with Gasteiger partial charge in [-0.3, -0.25) is 4.79 Å². The lowest BCUT2D eigenvalue weighted by molar-refractivity contribution is -0.123. The Labute approximate surface area is 123 Å². The van der Waals surface area contributed by atoms with Gasteiger partial charge in [-0.2, -0.15) is 0 Å². The molecule has 0 saturated carbocycles. The van der Waals surface area contributed by atoms with Gasteiger partial charge in [0.25, 0.3) is 5.91 Å². The Balaban J connectivity index is 1.86. The van der Waals surface area contributed by atoms with E-state index >= 15 is 0 Å². The molecular formula is C17H17NO3. The maximum Gasteiger partial charge on any atom is 0.265 e. The molecule has 0 aromatic heterocycles. The number of fused-ring (bicyclic) bond motifs is 1. The molecule has 4 nitrogen and oxygen atoms in total. The molecule has 1 heterocycles. The zero-order chi connectivity index (χ0) is 15.0. The van der Waals surface area contributed by atoms with Gasteiger partial charge in [0.1, 0.15) is 11.5 Å². The highest BCUT2D eigenvalue weighted by Crippen LogP contribution is 2.33. The minimum Gasteiger partial charge on any atom is -0.508 e. The number of amides is 1. The number of anilines is 1. The Bertz CT molecular complexity index is 709. The van der Waals surface area contributed by atoms with Crippen LogP contribution in [0.1, 0.15) is 16.7 Å². The van der Waals surface area contributed by atoms with Crippen molar-refractivity contribution in [3.8, 4) is 11.5 Å². The third-order valence-electron chi connectivity index (χ3n) is 3.90. The second-order valence-corrected chi connectivity index (χ2v) is 5.34. The largest absolute Gasteiger partial charge is 0.508 e. The first-order valence-corrected chi connectivity index (χ1v) is 6.90. The molecule has 1 unspecified atom stereocenters. The summed E-state index contributed by atoms with van der Waals surface area (Å²) in [7, 11) is 0. The molecule has 1 aliphatic heterocycles. The quantitative estimate of drug-likeness (QED) is 0.891. The first-order chi connectivity index (χ1) is 10.0. The van der Waals surface area contributed by atoms with Gasteiger partial charge in [0.15, 0.2) is 6.10 Å². The van der Waals surface area contributed by atoms with Gasteiger partial charge < -0.3 is 15.2 Å². The normalized spacial score (nSPS) is 16.9. The molecule has 0 saturated heterocycles. The van der Waals surface area contributed by atoms with Gasteiger partial charge in [-0.15, -0.1) is 0 Å². The van der Waals surface area contributed by atoms with Crippen molar-refractivity contribution < 1.29 is 14.6 Å². The molecule has 108 valence electrons. The second kappa shape index (κ2) is 5.13. The molecule has 21 heavy (non-hydrogen) atoms. The number of aromatic hydroxyl groups is 1. The maximum atomic E-state index is 12.2. The summed E-state index contributed by atoms with van der Waals surface area (Å²) in [5, 5.41) is 12.2. The minimum atomic E-state index is -0.553. The van der Waals surface area contributed by atoms with Crippen LogP contribution in [0.15, 0.2) is 36.4 Å². The van der Waals surface area contributed by atoms with Gasteiger partial charge in [-0.05, 0) is 42.7 Å². The zero-order valence-electron chi connectivity index (χ0n) is 12.0. The van der Waals surface area contributed by atoms with E-state index in [9.17, 15) is 9.90 Å². The Morgan fingerprint density at radius 1 is 1.24 bits per heavy atom. The Kier molecular flexibility index (Phi) is 3.29. The molecule has 0 bridgehead atoms. The fourth-order valence-corrected chi connectivity index (χ4v) is 2.51. The SMILES string of the molecule is Cc1cccc(CC2Oc3ccc(O)cc3NC2=O)c1C. The Hall–Kier alpha value is -2.49. The molecule has 0 spiro atoms. The lowest BCUT2D eigenvalue weighted by atomic mass is 9.98. The summed E-state index contributed by atoms with van der Waals surface area (Å²) >= 11 is 0. The molecule has 1 aliphatic rings. The average Bonchev–Trinajstić information content (AvgIpc) is 2.45. The molecule has 2 aromatic carbocycles. The van der Waals surface area contributed by atoms with Crippen molar-refractivity contribution in [2.24, 2.45) is 0 Å². The summed E-state index contributed by atoms with van der Waals surface area (Å²) < 4.78 is 5.77. The smallest absolute Gasteiger partial charge is 0.265 e. The molecule has 4 heteroatoms. The van der Waals surface area contributed by atoms with Crippen LogP contribution in [-0.4, -0.2) is 17.1 Å². The number of phenolic OH excluding ortho intramolecular Hbond substituents is 1. The van der Waals surface area contributed by atoms with Crippen LogP contribution in [0.3, 0.4) is 0 Å². The number of benzene rings is 2. The van der Waals surface area contributed by atoms with Gasteiger partial charge in [-0.1, -0.05) is 18.2 Å². The molecule has 0 aliphatic carbocycles. The number of phenols is 1. The molecule has 0 radical (unpaired) electrons. The van der Waals surface area contributed by atoms with E-state index < -0.39 is 6.10 Å². The van der Waals surface area contributed by atoms with E-state index in [2.05, 4.69) is 25.2 Å². The summed E-state index contributed by atoms with van der Waals surface area (Å²) in [6.45, 7) is 4.11. The van der Waals surface area contributed by atoms with Gasteiger partial charge in [-0.25, -0.2) is 0 Å². The van der Waals surface area contributed by atoms with Crippen LogP contribution < -0.4 is 10.1 Å². The number of hydrogen-bond donors (Lipinski definition) is 2. The van der Waals surface area contributed by atoms with E-state index in [1.54, 1.807) is 12.1 Å². The number of carbonyl (C=O) groups excluding carboxylic acids is 1.